The normalized spacial score (nSPS) is 11.3. The third kappa shape index (κ3) is 3.00. The smallest absolute Gasteiger partial charge is 0.269 e. The second-order valence-electron chi connectivity index (χ2n) is 4.82. The molecule has 0 aliphatic carbocycles. The van der Waals surface area contributed by atoms with Crippen LogP contribution in [0.4, 0.5) is 0 Å². The molecule has 16 heavy (non-hydrogen) atoms. The molecule has 1 N–H and O–H groups in total. The van der Waals surface area contributed by atoms with Crippen molar-refractivity contribution in [1.82, 2.24) is 9.78 Å². The minimum Gasteiger partial charge on any atom is -0.299 e. The first-order chi connectivity index (χ1) is 7.60. The molecule has 0 aliphatic heterocycles. The van der Waals surface area contributed by atoms with Crippen molar-refractivity contribution in [3.05, 3.63) is 21.6 Å². The third-order valence-electron chi connectivity index (χ3n) is 2.85. The summed E-state index contributed by atoms with van der Waals surface area (Å²) < 4.78 is 1.72. The van der Waals surface area contributed by atoms with Gasteiger partial charge in [-0.2, -0.15) is 0 Å². The lowest BCUT2D eigenvalue weighted by atomic mass is 10.0. The van der Waals surface area contributed by atoms with Crippen LogP contribution in [0.2, 0.25) is 0 Å². The molecule has 1 aromatic heterocycles. The minimum absolute atomic E-state index is 0.183. The summed E-state index contributed by atoms with van der Waals surface area (Å²) in [7, 11) is 0. The van der Waals surface area contributed by atoms with E-state index in [0.717, 1.165) is 37.1 Å². The Balaban J connectivity index is 2.99. The largest absolute Gasteiger partial charge is 0.299 e. The molecule has 0 amide bonds. The van der Waals surface area contributed by atoms with Crippen LogP contribution in [0.25, 0.3) is 0 Å². The maximum Gasteiger partial charge on any atom is 0.269 e. The van der Waals surface area contributed by atoms with E-state index in [0.29, 0.717) is 5.92 Å². The van der Waals surface area contributed by atoms with Crippen LogP contribution in [0.3, 0.4) is 0 Å². The van der Waals surface area contributed by atoms with E-state index in [1.807, 2.05) is 6.92 Å². The Hall–Kier alpha value is -0.990. The van der Waals surface area contributed by atoms with Crippen LogP contribution in [-0.2, 0) is 19.4 Å². The molecule has 0 aromatic carbocycles. The zero-order chi connectivity index (χ0) is 12.1. The molecule has 0 saturated heterocycles. The third-order valence-corrected chi connectivity index (χ3v) is 2.85. The zero-order valence-electron chi connectivity index (χ0n) is 11.0. The number of hydrogen-bond acceptors (Lipinski definition) is 1. The fraction of sp³-hybridized carbons (Fsp3) is 0.769. The van der Waals surface area contributed by atoms with Crippen molar-refractivity contribution in [3.63, 3.8) is 0 Å². The van der Waals surface area contributed by atoms with E-state index in [2.05, 4.69) is 25.9 Å². The van der Waals surface area contributed by atoms with Gasteiger partial charge in [0.05, 0.1) is 0 Å². The monoisotopic (exact) mass is 224 g/mol. The maximum atomic E-state index is 12.1. The average Bonchev–Trinajstić information content (AvgIpc) is 2.53. The quantitative estimate of drug-likeness (QED) is 0.792. The van der Waals surface area contributed by atoms with Gasteiger partial charge in [-0.1, -0.05) is 27.2 Å². The highest BCUT2D eigenvalue weighted by molar-refractivity contribution is 5.18. The van der Waals surface area contributed by atoms with Crippen LogP contribution in [-0.4, -0.2) is 9.78 Å². The highest BCUT2D eigenvalue weighted by Crippen LogP contribution is 2.11. The van der Waals surface area contributed by atoms with Gasteiger partial charge in [-0.05, 0) is 32.1 Å². The van der Waals surface area contributed by atoms with Crippen LogP contribution < -0.4 is 5.56 Å². The Morgan fingerprint density at radius 2 is 2.00 bits per heavy atom. The van der Waals surface area contributed by atoms with Crippen LogP contribution >= 0.6 is 0 Å². The number of unbranched alkanes of at least 4 members (excludes halogenated alkanes) is 1. The lowest BCUT2D eigenvalue weighted by Crippen LogP contribution is -2.18. The molecule has 0 bridgehead atoms. The van der Waals surface area contributed by atoms with Crippen molar-refractivity contribution in [3.8, 4) is 0 Å². The second kappa shape index (κ2) is 5.92. The molecule has 0 saturated carbocycles. The molecular formula is C13H24N2O. The van der Waals surface area contributed by atoms with Crippen molar-refractivity contribution in [2.24, 2.45) is 5.92 Å². The summed E-state index contributed by atoms with van der Waals surface area (Å²) in [5.41, 5.74) is 2.34. The highest BCUT2D eigenvalue weighted by atomic mass is 16.1. The molecule has 0 aliphatic rings. The first kappa shape index (κ1) is 13.1. The van der Waals surface area contributed by atoms with Gasteiger partial charge in [-0.25, -0.2) is 0 Å². The van der Waals surface area contributed by atoms with Crippen molar-refractivity contribution in [1.29, 1.82) is 0 Å². The molecule has 0 spiro atoms. The predicted octanol–water partition coefficient (Wildman–Crippen LogP) is 2.74. The first-order valence-corrected chi connectivity index (χ1v) is 6.40. The molecule has 0 fully saturated rings. The Morgan fingerprint density at radius 1 is 1.31 bits per heavy atom. The molecule has 0 atom stereocenters. The number of nitrogens with zero attached hydrogens (tertiary/aromatic N) is 1. The number of aromatic nitrogens is 2. The van der Waals surface area contributed by atoms with Gasteiger partial charge in [0.1, 0.15) is 0 Å². The van der Waals surface area contributed by atoms with Gasteiger partial charge in [-0.15, -0.1) is 0 Å². The van der Waals surface area contributed by atoms with E-state index in [9.17, 15) is 4.79 Å². The summed E-state index contributed by atoms with van der Waals surface area (Å²) in [5, 5.41) is 3.24. The fourth-order valence-electron chi connectivity index (χ4n) is 1.97. The summed E-state index contributed by atoms with van der Waals surface area (Å²) in [5.74, 6) is 0.536. The van der Waals surface area contributed by atoms with Crippen molar-refractivity contribution in [2.45, 2.75) is 59.9 Å². The van der Waals surface area contributed by atoms with Gasteiger partial charge in [0.15, 0.2) is 0 Å². The van der Waals surface area contributed by atoms with Crippen molar-refractivity contribution < 1.29 is 0 Å². The molecule has 3 heteroatoms. The molecule has 92 valence electrons. The first-order valence-electron chi connectivity index (χ1n) is 6.40. The summed E-state index contributed by atoms with van der Waals surface area (Å²) in [6.45, 7) is 9.23. The van der Waals surface area contributed by atoms with Gasteiger partial charge >= 0.3 is 0 Å². The van der Waals surface area contributed by atoms with E-state index in [1.165, 1.54) is 6.42 Å². The SMILES string of the molecule is CCCCc1[nH]n(CC)c(=O)c1CC(C)C. The Morgan fingerprint density at radius 3 is 2.50 bits per heavy atom. The van der Waals surface area contributed by atoms with Gasteiger partial charge in [0.25, 0.3) is 5.56 Å². The lowest BCUT2D eigenvalue weighted by Gasteiger charge is -2.03. The number of H-pyrrole nitrogens is 1. The summed E-state index contributed by atoms with van der Waals surface area (Å²) in [4.78, 5) is 12.1. The summed E-state index contributed by atoms with van der Waals surface area (Å²) >= 11 is 0. The minimum atomic E-state index is 0.183. The number of aromatic amines is 1. The standard InChI is InChI=1S/C13H24N2O/c1-5-7-8-12-11(9-10(3)4)13(16)15(6-2)14-12/h10,14H,5-9H2,1-4H3. The summed E-state index contributed by atoms with van der Waals surface area (Å²) in [6, 6.07) is 0. The topological polar surface area (TPSA) is 37.8 Å². The van der Waals surface area contributed by atoms with Crippen LogP contribution in [0.15, 0.2) is 4.79 Å². The predicted molar refractivity (Wildman–Crippen MR) is 67.9 cm³/mol. The molecule has 1 rings (SSSR count). The molecule has 1 aromatic rings. The number of nitrogens with one attached hydrogen (secondary N) is 1. The molecule has 0 radical (unpaired) electrons. The average molecular weight is 224 g/mol. The fourth-order valence-corrected chi connectivity index (χ4v) is 1.97. The zero-order valence-corrected chi connectivity index (χ0v) is 11.0. The maximum absolute atomic E-state index is 12.1. The van der Waals surface area contributed by atoms with E-state index < -0.39 is 0 Å². The molecule has 0 unspecified atom stereocenters. The van der Waals surface area contributed by atoms with Gasteiger partial charge < -0.3 is 0 Å². The van der Waals surface area contributed by atoms with Gasteiger partial charge in [-0.3, -0.25) is 14.6 Å². The van der Waals surface area contributed by atoms with Crippen molar-refractivity contribution >= 4 is 0 Å². The van der Waals surface area contributed by atoms with Crippen LogP contribution in [0.5, 0.6) is 0 Å². The van der Waals surface area contributed by atoms with Gasteiger partial charge in [0.2, 0.25) is 0 Å². The lowest BCUT2D eigenvalue weighted by molar-refractivity contribution is 0.619. The Labute approximate surface area is 97.8 Å². The second-order valence-corrected chi connectivity index (χ2v) is 4.82. The Bertz CT molecular complexity index is 374. The van der Waals surface area contributed by atoms with E-state index >= 15 is 0 Å². The molecule has 3 nitrogen and oxygen atoms in total. The van der Waals surface area contributed by atoms with Crippen molar-refractivity contribution in [2.75, 3.05) is 0 Å². The van der Waals surface area contributed by atoms with E-state index in [-0.39, 0.29) is 5.56 Å². The highest BCUT2D eigenvalue weighted by Gasteiger charge is 2.13. The van der Waals surface area contributed by atoms with E-state index in [1.54, 1.807) is 4.68 Å². The molecule has 1 heterocycles. The number of hydrogen-bond donors (Lipinski definition) is 1. The number of aryl methyl sites for hydroxylation is 2. The van der Waals surface area contributed by atoms with Crippen LogP contribution in [0, 0.1) is 5.92 Å². The Kier molecular flexibility index (Phi) is 4.84. The summed E-state index contributed by atoms with van der Waals surface area (Å²) in [6.07, 6.45) is 4.21. The van der Waals surface area contributed by atoms with Gasteiger partial charge in [0, 0.05) is 17.8 Å². The van der Waals surface area contributed by atoms with E-state index in [4.69, 9.17) is 0 Å². The number of rotatable bonds is 6. The molecular weight excluding hydrogens is 200 g/mol. The van der Waals surface area contributed by atoms with Crippen LogP contribution in [0.1, 0.15) is 51.8 Å².